The third-order valence-corrected chi connectivity index (χ3v) is 2.87. The normalized spacial score (nSPS) is 39.0. The van der Waals surface area contributed by atoms with E-state index in [1.54, 1.807) is 6.92 Å². The molecule has 1 heterocycles. The Balaban J connectivity index is 2.67. The molecule has 0 spiro atoms. The zero-order chi connectivity index (χ0) is 10.0. The average Bonchev–Trinajstić information content (AvgIpc) is 2.31. The van der Waals surface area contributed by atoms with E-state index in [0.29, 0.717) is 12.3 Å². The fraction of sp³-hybridized carbons (Fsp3) is 0.800. The molecular formula is C10H16O3. The fourth-order valence-corrected chi connectivity index (χ4v) is 1.89. The van der Waals surface area contributed by atoms with Crippen LogP contribution in [0, 0.1) is 11.8 Å². The van der Waals surface area contributed by atoms with Crippen molar-refractivity contribution < 1.29 is 14.3 Å². The van der Waals surface area contributed by atoms with Crippen molar-refractivity contribution in [2.75, 3.05) is 0 Å². The van der Waals surface area contributed by atoms with Gasteiger partial charge in [0.2, 0.25) is 0 Å². The largest absolute Gasteiger partial charge is 0.367 e. The minimum atomic E-state index is -0.381. The van der Waals surface area contributed by atoms with Gasteiger partial charge in [0.25, 0.3) is 0 Å². The number of carbonyl (C=O) groups excluding carboxylic acids is 2. The lowest BCUT2D eigenvalue weighted by atomic mass is 9.86. The van der Waals surface area contributed by atoms with Gasteiger partial charge >= 0.3 is 0 Å². The van der Waals surface area contributed by atoms with Gasteiger partial charge in [-0.25, -0.2) is 0 Å². The van der Waals surface area contributed by atoms with Crippen LogP contribution in [0.3, 0.4) is 0 Å². The molecule has 1 saturated heterocycles. The summed E-state index contributed by atoms with van der Waals surface area (Å²) in [5.41, 5.74) is 0. The van der Waals surface area contributed by atoms with Gasteiger partial charge in [-0.3, -0.25) is 0 Å². The summed E-state index contributed by atoms with van der Waals surface area (Å²) < 4.78 is 5.42. The monoisotopic (exact) mass is 184 g/mol. The highest BCUT2D eigenvalue weighted by molar-refractivity contribution is 5.76. The zero-order valence-electron chi connectivity index (χ0n) is 8.32. The number of ketones is 1. The molecule has 0 saturated carbocycles. The second-order valence-corrected chi connectivity index (χ2v) is 3.87. The molecule has 1 rings (SSSR count). The highest BCUT2D eigenvalue weighted by Crippen LogP contribution is 2.33. The Morgan fingerprint density at radius 2 is 2.08 bits per heavy atom. The molecule has 74 valence electrons. The minimum Gasteiger partial charge on any atom is -0.367 e. The summed E-state index contributed by atoms with van der Waals surface area (Å²) in [4.78, 5) is 21.6. The SMILES string of the molecule is CC(=O)C[C@H]1[C@@H](C)[C@@H](C)O[C@@H]1C=O. The van der Waals surface area contributed by atoms with Gasteiger partial charge in [-0.2, -0.15) is 0 Å². The second kappa shape index (κ2) is 4.01. The fourth-order valence-electron chi connectivity index (χ4n) is 1.89. The van der Waals surface area contributed by atoms with Gasteiger partial charge in [0.15, 0.2) is 0 Å². The van der Waals surface area contributed by atoms with E-state index in [0.717, 1.165) is 6.29 Å². The molecule has 0 aromatic rings. The van der Waals surface area contributed by atoms with Crippen LogP contribution in [0.1, 0.15) is 27.2 Å². The van der Waals surface area contributed by atoms with E-state index in [-0.39, 0.29) is 23.9 Å². The van der Waals surface area contributed by atoms with Gasteiger partial charge in [-0.05, 0) is 19.8 Å². The molecule has 0 bridgehead atoms. The summed E-state index contributed by atoms with van der Waals surface area (Å²) in [7, 11) is 0. The Bertz CT molecular complexity index is 212. The van der Waals surface area contributed by atoms with Crippen molar-refractivity contribution in [2.45, 2.75) is 39.4 Å². The number of rotatable bonds is 3. The molecule has 1 aliphatic rings. The average molecular weight is 184 g/mol. The maximum Gasteiger partial charge on any atom is 0.149 e. The van der Waals surface area contributed by atoms with E-state index < -0.39 is 0 Å². The first kappa shape index (κ1) is 10.4. The van der Waals surface area contributed by atoms with Crippen molar-refractivity contribution >= 4 is 12.1 Å². The van der Waals surface area contributed by atoms with Crippen molar-refractivity contribution in [1.82, 2.24) is 0 Å². The molecule has 3 nitrogen and oxygen atoms in total. The number of aldehydes is 1. The molecule has 0 aromatic heterocycles. The van der Waals surface area contributed by atoms with Gasteiger partial charge in [0.1, 0.15) is 18.2 Å². The molecule has 4 atom stereocenters. The molecule has 0 unspecified atom stereocenters. The standard InChI is InChI=1S/C10H16O3/c1-6(12)4-9-7(2)8(3)13-10(9)5-11/h5,7-10H,4H2,1-3H3/t7-,8+,9-,10+/m0/s1. The number of Topliss-reactive ketones (excluding diaryl/α,β-unsaturated/α-hetero) is 1. The van der Waals surface area contributed by atoms with E-state index in [1.807, 2.05) is 13.8 Å². The van der Waals surface area contributed by atoms with Crippen LogP contribution in [0.25, 0.3) is 0 Å². The molecule has 0 amide bonds. The third-order valence-electron chi connectivity index (χ3n) is 2.87. The van der Waals surface area contributed by atoms with Gasteiger partial charge in [0.05, 0.1) is 6.10 Å². The van der Waals surface area contributed by atoms with Crippen molar-refractivity contribution in [3.8, 4) is 0 Å². The molecular weight excluding hydrogens is 168 g/mol. The van der Waals surface area contributed by atoms with E-state index in [2.05, 4.69) is 0 Å². The highest BCUT2D eigenvalue weighted by atomic mass is 16.5. The predicted octanol–water partition coefficient (Wildman–Crippen LogP) is 1.20. The highest BCUT2D eigenvalue weighted by Gasteiger charge is 2.39. The molecule has 13 heavy (non-hydrogen) atoms. The summed E-state index contributed by atoms with van der Waals surface area (Å²) >= 11 is 0. The lowest BCUT2D eigenvalue weighted by Crippen LogP contribution is -2.23. The number of carbonyl (C=O) groups is 2. The Morgan fingerprint density at radius 1 is 1.46 bits per heavy atom. The van der Waals surface area contributed by atoms with E-state index in [9.17, 15) is 9.59 Å². The molecule has 0 aliphatic carbocycles. The van der Waals surface area contributed by atoms with Crippen LogP contribution in [0.4, 0.5) is 0 Å². The first-order valence-corrected chi connectivity index (χ1v) is 4.66. The van der Waals surface area contributed by atoms with Crippen LogP contribution in [0.5, 0.6) is 0 Å². The quantitative estimate of drug-likeness (QED) is 0.619. The predicted molar refractivity (Wildman–Crippen MR) is 48.4 cm³/mol. The van der Waals surface area contributed by atoms with Gasteiger partial charge < -0.3 is 14.3 Å². The maximum atomic E-state index is 10.9. The van der Waals surface area contributed by atoms with Crippen LogP contribution in [0.2, 0.25) is 0 Å². The number of hydrogen-bond acceptors (Lipinski definition) is 3. The Morgan fingerprint density at radius 3 is 2.54 bits per heavy atom. The van der Waals surface area contributed by atoms with Crippen LogP contribution in [0.15, 0.2) is 0 Å². The smallest absolute Gasteiger partial charge is 0.149 e. The Labute approximate surface area is 78.5 Å². The summed E-state index contributed by atoms with van der Waals surface area (Å²) in [6, 6.07) is 0. The van der Waals surface area contributed by atoms with E-state index in [4.69, 9.17) is 4.74 Å². The van der Waals surface area contributed by atoms with Crippen LogP contribution in [-0.2, 0) is 14.3 Å². The molecule has 0 N–H and O–H groups in total. The number of hydrogen-bond donors (Lipinski definition) is 0. The van der Waals surface area contributed by atoms with Crippen LogP contribution < -0.4 is 0 Å². The van der Waals surface area contributed by atoms with Gasteiger partial charge in [-0.15, -0.1) is 0 Å². The second-order valence-electron chi connectivity index (χ2n) is 3.87. The van der Waals surface area contributed by atoms with Crippen molar-refractivity contribution in [3.05, 3.63) is 0 Å². The Kier molecular flexibility index (Phi) is 3.20. The summed E-state index contributed by atoms with van der Waals surface area (Å²) in [6.07, 6.45) is 0.969. The third kappa shape index (κ3) is 2.15. The summed E-state index contributed by atoms with van der Waals surface area (Å²) in [5.74, 6) is 0.491. The first-order chi connectivity index (χ1) is 6.06. The molecule has 1 fully saturated rings. The first-order valence-electron chi connectivity index (χ1n) is 4.66. The van der Waals surface area contributed by atoms with Crippen molar-refractivity contribution in [2.24, 2.45) is 11.8 Å². The van der Waals surface area contributed by atoms with Gasteiger partial charge in [-0.1, -0.05) is 6.92 Å². The topological polar surface area (TPSA) is 43.4 Å². The summed E-state index contributed by atoms with van der Waals surface area (Å²) in [5, 5.41) is 0. The minimum absolute atomic E-state index is 0.0741. The van der Waals surface area contributed by atoms with Gasteiger partial charge in [0, 0.05) is 12.3 Å². The van der Waals surface area contributed by atoms with Crippen molar-refractivity contribution in [3.63, 3.8) is 0 Å². The maximum absolute atomic E-state index is 10.9. The van der Waals surface area contributed by atoms with Crippen LogP contribution in [-0.4, -0.2) is 24.3 Å². The molecule has 3 heteroatoms. The zero-order valence-corrected chi connectivity index (χ0v) is 8.32. The van der Waals surface area contributed by atoms with Crippen LogP contribution >= 0.6 is 0 Å². The lowest BCUT2D eigenvalue weighted by molar-refractivity contribution is -0.121. The molecule has 1 aliphatic heterocycles. The lowest BCUT2D eigenvalue weighted by Gasteiger charge is -2.15. The molecule has 0 radical (unpaired) electrons. The van der Waals surface area contributed by atoms with Crippen molar-refractivity contribution in [1.29, 1.82) is 0 Å². The molecule has 0 aromatic carbocycles. The summed E-state index contributed by atoms with van der Waals surface area (Å²) in [6.45, 7) is 5.53. The van der Waals surface area contributed by atoms with E-state index in [1.165, 1.54) is 0 Å². The Hall–Kier alpha value is -0.700. The van der Waals surface area contributed by atoms with E-state index >= 15 is 0 Å². The number of ether oxygens (including phenoxy) is 1.